The molecule has 0 aliphatic rings. The Labute approximate surface area is 126 Å². The van der Waals surface area contributed by atoms with Crippen LogP contribution >= 0.6 is 11.3 Å². The smallest absolute Gasteiger partial charge is 0.318 e. The maximum atomic E-state index is 14.2. The zero-order valence-corrected chi connectivity index (χ0v) is 12.5. The van der Waals surface area contributed by atoms with Crippen LogP contribution < -0.4 is 5.73 Å². The Kier molecular flexibility index (Phi) is 5.03. The van der Waals surface area contributed by atoms with Crippen molar-refractivity contribution in [2.24, 2.45) is 5.73 Å². The second-order valence-electron chi connectivity index (χ2n) is 4.59. The van der Waals surface area contributed by atoms with Gasteiger partial charge >= 0.3 is 5.97 Å². The van der Waals surface area contributed by atoms with Crippen LogP contribution in [0.25, 0.3) is 0 Å². The lowest BCUT2D eigenvalue weighted by Crippen LogP contribution is -2.46. The second kappa shape index (κ2) is 6.78. The van der Waals surface area contributed by atoms with E-state index in [1.807, 2.05) is 5.38 Å². The molecule has 0 aliphatic carbocycles. The third-order valence-corrected chi connectivity index (χ3v) is 4.12. The van der Waals surface area contributed by atoms with Gasteiger partial charge in [0.15, 0.2) is 0 Å². The van der Waals surface area contributed by atoms with Gasteiger partial charge in [-0.1, -0.05) is 18.2 Å². The van der Waals surface area contributed by atoms with E-state index in [-0.39, 0.29) is 25.1 Å². The molecule has 1 aromatic heterocycles. The SMILES string of the molecule is CCOC(=O)C(CN)(Cc1nccs1)c1ccccc1F. The summed E-state index contributed by atoms with van der Waals surface area (Å²) in [4.78, 5) is 16.7. The molecule has 0 amide bonds. The predicted molar refractivity (Wildman–Crippen MR) is 79.6 cm³/mol. The Balaban J connectivity index is 2.51. The number of ether oxygens (including phenoxy) is 1. The number of halogens is 1. The Morgan fingerprint density at radius 3 is 2.81 bits per heavy atom. The number of hydrogen-bond acceptors (Lipinski definition) is 5. The summed E-state index contributed by atoms with van der Waals surface area (Å²) in [5.41, 5.74) is 4.87. The maximum Gasteiger partial charge on any atom is 0.318 e. The second-order valence-corrected chi connectivity index (χ2v) is 5.57. The fourth-order valence-electron chi connectivity index (χ4n) is 2.26. The van der Waals surface area contributed by atoms with Crippen molar-refractivity contribution in [1.29, 1.82) is 0 Å². The molecule has 112 valence electrons. The van der Waals surface area contributed by atoms with E-state index in [4.69, 9.17) is 10.5 Å². The molecule has 1 aromatic carbocycles. The molecule has 2 N–H and O–H groups in total. The van der Waals surface area contributed by atoms with E-state index in [1.54, 1.807) is 31.3 Å². The van der Waals surface area contributed by atoms with Gasteiger partial charge in [0.1, 0.15) is 11.2 Å². The van der Waals surface area contributed by atoms with Crippen LogP contribution in [0.1, 0.15) is 17.5 Å². The third kappa shape index (κ3) is 3.11. The minimum atomic E-state index is -1.25. The number of aromatic nitrogens is 1. The fourth-order valence-corrected chi connectivity index (χ4v) is 2.99. The van der Waals surface area contributed by atoms with Crippen LogP contribution in [0, 0.1) is 5.82 Å². The molecule has 0 radical (unpaired) electrons. The number of nitrogens with zero attached hydrogens (tertiary/aromatic N) is 1. The van der Waals surface area contributed by atoms with Gasteiger partial charge in [-0.05, 0) is 13.0 Å². The van der Waals surface area contributed by atoms with Crippen molar-refractivity contribution in [2.45, 2.75) is 18.8 Å². The van der Waals surface area contributed by atoms with Crippen LogP contribution in [0.5, 0.6) is 0 Å². The number of benzene rings is 1. The Hall–Kier alpha value is -1.79. The molecule has 0 aliphatic heterocycles. The molecule has 0 saturated carbocycles. The summed E-state index contributed by atoms with van der Waals surface area (Å²) in [6.45, 7) is 1.88. The van der Waals surface area contributed by atoms with Gasteiger partial charge in [-0.3, -0.25) is 4.79 Å². The summed E-state index contributed by atoms with van der Waals surface area (Å²) >= 11 is 1.40. The Bertz CT molecular complexity index is 603. The number of hydrogen-bond donors (Lipinski definition) is 1. The van der Waals surface area contributed by atoms with Gasteiger partial charge in [0, 0.05) is 30.1 Å². The molecule has 0 bridgehead atoms. The fraction of sp³-hybridized carbons (Fsp3) is 0.333. The highest BCUT2D eigenvalue weighted by atomic mass is 32.1. The highest BCUT2D eigenvalue weighted by molar-refractivity contribution is 7.09. The minimum Gasteiger partial charge on any atom is -0.465 e. The lowest BCUT2D eigenvalue weighted by atomic mass is 9.77. The molecule has 2 rings (SSSR count). The third-order valence-electron chi connectivity index (χ3n) is 3.34. The minimum absolute atomic E-state index is 0.0493. The lowest BCUT2D eigenvalue weighted by molar-refractivity contribution is -0.150. The summed E-state index contributed by atoms with van der Waals surface area (Å²) in [5, 5.41) is 2.53. The van der Waals surface area contributed by atoms with Crippen LogP contribution in [0.4, 0.5) is 4.39 Å². The molecule has 0 saturated heterocycles. The number of esters is 1. The number of carbonyl (C=O) groups is 1. The average molecular weight is 308 g/mol. The monoisotopic (exact) mass is 308 g/mol. The zero-order chi connectivity index (χ0) is 15.3. The van der Waals surface area contributed by atoms with Crippen molar-refractivity contribution >= 4 is 17.3 Å². The van der Waals surface area contributed by atoms with Gasteiger partial charge in [-0.2, -0.15) is 0 Å². The van der Waals surface area contributed by atoms with Crippen molar-refractivity contribution in [3.05, 3.63) is 52.2 Å². The molecule has 21 heavy (non-hydrogen) atoms. The molecular formula is C15H17FN2O2S. The molecule has 1 atom stereocenters. The van der Waals surface area contributed by atoms with E-state index in [2.05, 4.69) is 4.98 Å². The summed E-state index contributed by atoms with van der Waals surface area (Å²) in [6.07, 6.45) is 1.87. The Morgan fingerprint density at radius 2 is 2.24 bits per heavy atom. The summed E-state index contributed by atoms with van der Waals surface area (Å²) in [7, 11) is 0. The van der Waals surface area contributed by atoms with Gasteiger partial charge in [0.25, 0.3) is 0 Å². The first-order chi connectivity index (χ1) is 10.1. The average Bonchev–Trinajstić information content (AvgIpc) is 2.98. The predicted octanol–water partition coefficient (Wildman–Crippen LogP) is 2.28. The quantitative estimate of drug-likeness (QED) is 0.832. The first-order valence-corrected chi connectivity index (χ1v) is 7.52. The van der Waals surface area contributed by atoms with Crippen molar-refractivity contribution in [2.75, 3.05) is 13.2 Å². The molecule has 1 unspecified atom stereocenters. The molecule has 0 spiro atoms. The first-order valence-electron chi connectivity index (χ1n) is 6.64. The van der Waals surface area contributed by atoms with E-state index in [9.17, 15) is 9.18 Å². The Morgan fingerprint density at radius 1 is 1.48 bits per heavy atom. The van der Waals surface area contributed by atoms with E-state index >= 15 is 0 Å². The van der Waals surface area contributed by atoms with Crippen LogP contribution in [-0.4, -0.2) is 24.1 Å². The van der Waals surface area contributed by atoms with Gasteiger partial charge in [-0.15, -0.1) is 11.3 Å². The molecule has 0 fully saturated rings. The number of carbonyl (C=O) groups excluding carboxylic acids is 1. The summed E-state index contributed by atoms with van der Waals surface area (Å²) < 4.78 is 19.4. The zero-order valence-electron chi connectivity index (χ0n) is 11.7. The van der Waals surface area contributed by atoms with E-state index in [1.165, 1.54) is 17.4 Å². The number of rotatable bonds is 6. The molecule has 6 heteroatoms. The van der Waals surface area contributed by atoms with E-state index < -0.39 is 17.2 Å². The van der Waals surface area contributed by atoms with Crippen LogP contribution in [0.15, 0.2) is 35.8 Å². The molecule has 4 nitrogen and oxygen atoms in total. The maximum absolute atomic E-state index is 14.2. The standard InChI is InChI=1S/C15H17FN2O2S/c1-2-20-14(19)15(10-17,9-13-18-7-8-21-13)11-5-3-4-6-12(11)16/h3-8H,2,9-10,17H2,1H3. The van der Waals surface area contributed by atoms with Gasteiger partial charge in [0.05, 0.1) is 11.6 Å². The number of nitrogens with two attached hydrogens (primary N) is 1. The lowest BCUT2D eigenvalue weighted by Gasteiger charge is -2.30. The van der Waals surface area contributed by atoms with Gasteiger partial charge in [0.2, 0.25) is 0 Å². The van der Waals surface area contributed by atoms with Crippen LogP contribution in [0.2, 0.25) is 0 Å². The van der Waals surface area contributed by atoms with Crippen LogP contribution in [-0.2, 0) is 21.4 Å². The molecule has 2 aromatic rings. The molecule has 1 heterocycles. The largest absolute Gasteiger partial charge is 0.465 e. The summed E-state index contributed by atoms with van der Waals surface area (Å²) in [6, 6.07) is 6.16. The normalized spacial score (nSPS) is 13.7. The highest BCUT2D eigenvalue weighted by Gasteiger charge is 2.43. The number of thiazole rings is 1. The van der Waals surface area contributed by atoms with Crippen LogP contribution in [0.3, 0.4) is 0 Å². The van der Waals surface area contributed by atoms with Crippen molar-refractivity contribution in [3.63, 3.8) is 0 Å². The first kappa shape index (κ1) is 15.6. The highest BCUT2D eigenvalue weighted by Crippen LogP contribution is 2.32. The van der Waals surface area contributed by atoms with Crippen molar-refractivity contribution in [1.82, 2.24) is 4.98 Å². The van der Waals surface area contributed by atoms with E-state index in [0.29, 0.717) is 0 Å². The van der Waals surface area contributed by atoms with Crippen molar-refractivity contribution in [3.8, 4) is 0 Å². The van der Waals surface area contributed by atoms with E-state index in [0.717, 1.165) is 5.01 Å². The topological polar surface area (TPSA) is 65.2 Å². The van der Waals surface area contributed by atoms with Gasteiger partial charge in [-0.25, -0.2) is 9.37 Å². The summed E-state index contributed by atoms with van der Waals surface area (Å²) in [5.74, 6) is -0.986. The molecular weight excluding hydrogens is 291 g/mol. The van der Waals surface area contributed by atoms with Gasteiger partial charge < -0.3 is 10.5 Å². The van der Waals surface area contributed by atoms with Crippen molar-refractivity contribution < 1.29 is 13.9 Å².